The van der Waals surface area contributed by atoms with Crippen molar-refractivity contribution in [3.8, 4) is 0 Å². The van der Waals surface area contributed by atoms with Crippen LogP contribution < -0.4 is 5.32 Å². The Morgan fingerprint density at radius 2 is 1.83 bits per heavy atom. The van der Waals surface area contributed by atoms with E-state index < -0.39 is 0 Å². The summed E-state index contributed by atoms with van der Waals surface area (Å²) < 4.78 is 0. The van der Waals surface area contributed by atoms with Gasteiger partial charge in [0.15, 0.2) is 0 Å². The van der Waals surface area contributed by atoms with E-state index in [2.05, 4.69) is 59.4 Å². The second-order valence-corrected chi connectivity index (χ2v) is 6.68. The second-order valence-electron chi connectivity index (χ2n) is 6.68. The van der Waals surface area contributed by atoms with Crippen LogP contribution in [0.15, 0.2) is 46.6 Å². The van der Waals surface area contributed by atoms with Crippen molar-refractivity contribution in [3.05, 3.63) is 47.2 Å². The van der Waals surface area contributed by atoms with E-state index in [0.717, 1.165) is 56.2 Å². The van der Waals surface area contributed by atoms with Crippen LogP contribution in [0.4, 0.5) is 11.4 Å². The number of aryl methyl sites for hydroxylation is 1. The summed E-state index contributed by atoms with van der Waals surface area (Å²) >= 11 is 0. The summed E-state index contributed by atoms with van der Waals surface area (Å²) in [6.07, 6.45) is 6.86. The largest absolute Gasteiger partial charge is 0.353 e. The van der Waals surface area contributed by atoms with Gasteiger partial charge in [0.25, 0.3) is 0 Å². The molecule has 4 rings (SSSR count). The number of nitrogens with zero attached hydrogens (tertiary/aromatic N) is 3. The van der Waals surface area contributed by atoms with E-state index in [9.17, 15) is 0 Å². The van der Waals surface area contributed by atoms with Crippen molar-refractivity contribution in [2.45, 2.75) is 19.8 Å². The summed E-state index contributed by atoms with van der Waals surface area (Å²) in [6, 6.07) is 6.47. The van der Waals surface area contributed by atoms with E-state index >= 15 is 0 Å². The van der Waals surface area contributed by atoms with Gasteiger partial charge in [-0.25, -0.2) is 4.99 Å². The van der Waals surface area contributed by atoms with Gasteiger partial charge in [-0.2, -0.15) is 0 Å². The van der Waals surface area contributed by atoms with Gasteiger partial charge >= 0.3 is 0 Å². The average molecular weight is 308 g/mol. The molecule has 1 aliphatic carbocycles. The van der Waals surface area contributed by atoms with Crippen LogP contribution in [-0.4, -0.2) is 48.9 Å². The summed E-state index contributed by atoms with van der Waals surface area (Å²) in [7, 11) is 2.19. The molecule has 1 aromatic carbocycles. The van der Waals surface area contributed by atoms with Crippen molar-refractivity contribution in [2.75, 3.05) is 38.5 Å². The van der Waals surface area contributed by atoms with Crippen LogP contribution >= 0.6 is 0 Å². The molecule has 0 radical (unpaired) electrons. The number of anilines is 1. The van der Waals surface area contributed by atoms with Gasteiger partial charge in [-0.05, 0) is 44.5 Å². The molecule has 0 atom stereocenters. The van der Waals surface area contributed by atoms with E-state index in [1.54, 1.807) is 0 Å². The van der Waals surface area contributed by atoms with Crippen LogP contribution in [0.3, 0.4) is 0 Å². The second kappa shape index (κ2) is 5.85. The molecule has 1 N–H and O–H groups in total. The van der Waals surface area contributed by atoms with Gasteiger partial charge < -0.3 is 15.1 Å². The molecule has 23 heavy (non-hydrogen) atoms. The van der Waals surface area contributed by atoms with Crippen LogP contribution in [0.2, 0.25) is 0 Å². The monoisotopic (exact) mass is 308 g/mol. The summed E-state index contributed by atoms with van der Waals surface area (Å²) in [5.74, 6) is 1.14. The van der Waals surface area contributed by atoms with Crippen molar-refractivity contribution >= 4 is 17.2 Å². The molecule has 4 heteroatoms. The molecule has 4 nitrogen and oxygen atoms in total. The maximum absolute atomic E-state index is 5.09. The molecular formula is C19H24N4. The highest BCUT2D eigenvalue weighted by Gasteiger charge is 2.26. The van der Waals surface area contributed by atoms with Crippen molar-refractivity contribution in [2.24, 2.45) is 4.99 Å². The molecule has 0 bridgehead atoms. The molecule has 120 valence electrons. The number of aliphatic imine (C=N–C) groups is 1. The van der Waals surface area contributed by atoms with Crippen LogP contribution in [0.5, 0.6) is 0 Å². The first-order chi connectivity index (χ1) is 11.2. The van der Waals surface area contributed by atoms with Crippen molar-refractivity contribution in [1.82, 2.24) is 9.80 Å². The van der Waals surface area contributed by atoms with Gasteiger partial charge in [0.2, 0.25) is 0 Å². The summed E-state index contributed by atoms with van der Waals surface area (Å²) in [5, 5.41) is 3.61. The zero-order valence-corrected chi connectivity index (χ0v) is 14.0. The Labute approximate surface area is 138 Å². The van der Waals surface area contributed by atoms with Gasteiger partial charge in [-0.1, -0.05) is 18.2 Å². The lowest BCUT2D eigenvalue weighted by molar-refractivity contribution is 0.215. The third-order valence-electron chi connectivity index (χ3n) is 4.85. The number of rotatable bonds is 0. The number of hydrogen-bond donors (Lipinski definition) is 1. The number of hydrogen-bond acceptors (Lipinski definition) is 4. The van der Waals surface area contributed by atoms with Gasteiger partial charge in [0.05, 0.1) is 11.4 Å². The molecule has 3 aliphatic rings. The van der Waals surface area contributed by atoms with Crippen LogP contribution in [-0.2, 0) is 0 Å². The highest BCUT2D eigenvalue weighted by molar-refractivity contribution is 6.06. The molecule has 1 fully saturated rings. The molecule has 2 aliphatic heterocycles. The number of piperazine rings is 1. The number of fused-ring (bicyclic) bond motifs is 2. The molecule has 1 aromatic rings. The maximum Gasteiger partial charge on any atom is 0.138 e. The molecule has 0 aromatic heterocycles. The molecule has 2 heterocycles. The molecule has 0 spiro atoms. The Morgan fingerprint density at radius 1 is 1.04 bits per heavy atom. The number of amidine groups is 1. The SMILES string of the molecule is Cc1ccc2c(c1)N=C(N1CCN(C)CC1)C1=CCCC=C1N2. The van der Waals surface area contributed by atoms with Crippen molar-refractivity contribution in [1.29, 1.82) is 0 Å². The third kappa shape index (κ3) is 2.79. The van der Waals surface area contributed by atoms with E-state index in [-0.39, 0.29) is 0 Å². The quantitative estimate of drug-likeness (QED) is 0.798. The number of nitrogens with one attached hydrogen (secondary N) is 1. The lowest BCUT2D eigenvalue weighted by Gasteiger charge is -2.35. The highest BCUT2D eigenvalue weighted by Crippen LogP contribution is 2.35. The third-order valence-corrected chi connectivity index (χ3v) is 4.85. The Kier molecular flexibility index (Phi) is 3.69. The Balaban J connectivity index is 1.79. The fraction of sp³-hybridized carbons (Fsp3) is 0.421. The minimum Gasteiger partial charge on any atom is -0.353 e. The van der Waals surface area contributed by atoms with Gasteiger partial charge in [0, 0.05) is 37.4 Å². The minimum atomic E-state index is 1.04. The van der Waals surface area contributed by atoms with E-state index in [1.165, 1.54) is 16.8 Å². The van der Waals surface area contributed by atoms with E-state index in [0.29, 0.717) is 0 Å². The fourth-order valence-electron chi connectivity index (χ4n) is 3.42. The molecule has 0 amide bonds. The Bertz CT molecular complexity index is 706. The van der Waals surface area contributed by atoms with Crippen LogP contribution in [0, 0.1) is 6.92 Å². The summed E-state index contributed by atoms with van der Waals surface area (Å²) in [5.41, 5.74) is 5.90. The standard InChI is InChI=1S/C19H24N4/c1-14-7-8-17-18(13-14)21-19(23-11-9-22(2)10-12-23)15-5-3-4-6-16(15)20-17/h5-8,13,20H,3-4,9-12H2,1-2H3. The zero-order valence-electron chi connectivity index (χ0n) is 14.0. The Morgan fingerprint density at radius 3 is 2.65 bits per heavy atom. The summed E-state index contributed by atoms with van der Waals surface area (Å²) in [4.78, 5) is 9.92. The first-order valence-electron chi connectivity index (χ1n) is 8.51. The number of benzene rings is 1. The fourth-order valence-corrected chi connectivity index (χ4v) is 3.42. The van der Waals surface area contributed by atoms with Gasteiger partial charge in [-0.15, -0.1) is 0 Å². The van der Waals surface area contributed by atoms with Crippen LogP contribution in [0.25, 0.3) is 0 Å². The molecule has 0 unspecified atom stereocenters. The Hall–Kier alpha value is -2.07. The van der Waals surface area contributed by atoms with E-state index in [4.69, 9.17) is 4.99 Å². The predicted octanol–water partition coefficient (Wildman–Crippen LogP) is 3.30. The van der Waals surface area contributed by atoms with Crippen molar-refractivity contribution in [3.63, 3.8) is 0 Å². The lowest BCUT2D eigenvalue weighted by Crippen LogP contribution is -2.47. The molecule has 1 saturated heterocycles. The zero-order chi connectivity index (χ0) is 15.8. The number of likely N-dealkylation sites (N-methyl/N-ethyl adjacent to an activating group) is 1. The smallest absolute Gasteiger partial charge is 0.138 e. The lowest BCUT2D eigenvalue weighted by atomic mass is 10.0. The minimum absolute atomic E-state index is 1.04. The van der Waals surface area contributed by atoms with Gasteiger partial charge in [0.1, 0.15) is 5.84 Å². The summed E-state index contributed by atoms with van der Waals surface area (Å²) in [6.45, 7) is 6.41. The van der Waals surface area contributed by atoms with Crippen molar-refractivity contribution < 1.29 is 0 Å². The van der Waals surface area contributed by atoms with Crippen LogP contribution in [0.1, 0.15) is 18.4 Å². The first kappa shape index (κ1) is 14.5. The van der Waals surface area contributed by atoms with Gasteiger partial charge in [-0.3, -0.25) is 0 Å². The highest BCUT2D eigenvalue weighted by atomic mass is 15.3. The number of allylic oxidation sites excluding steroid dienone is 2. The topological polar surface area (TPSA) is 30.9 Å². The first-order valence-corrected chi connectivity index (χ1v) is 8.51. The molecule has 0 saturated carbocycles. The predicted molar refractivity (Wildman–Crippen MR) is 96.4 cm³/mol. The van der Waals surface area contributed by atoms with E-state index in [1.807, 2.05) is 0 Å². The molecular weight excluding hydrogens is 284 g/mol. The maximum atomic E-state index is 5.09. The average Bonchev–Trinajstić information content (AvgIpc) is 2.72. The normalized spacial score (nSPS) is 21.3.